The highest BCUT2D eigenvalue weighted by molar-refractivity contribution is 7.16. The molecule has 0 radical (unpaired) electrons. The third kappa shape index (κ3) is 4.82. The number of thiazole rings is 1. The number of carboxylic acid groups (broad SMARTS) is 1. The second-order valence-electron chi connectivity index (χ2n) is 6.12. The van der Waals surface area contributed by atoms with Crippen LogP contribution in [-0.4, -0.2) is 27.9 Å². The summed E-state index contributed by atoms with van der Waals surface area (Å²) in [6.07, 6.45) is -4.70. The van der Waals surface area contributed by atoms with Crippen LogP contribution in [0.2, 0.25) is 5.02 Å². The van der Waals surface area contributed by atoms with Crippen molar-refractivity contribution in [3.63, 3.8) is 0 Å². The van der Waals surface area contributed by atoms with E-state index in [0.29, 0.717) is 15.2 Å². The van der Waals surface area contributed by atoms with Crippen LogP contribution >= 0.6 is 22.9 Å². The van der Waals surface area contributed by atoms with Crippen molar-refractivity contribution in [1.82, 2.24) is 4.57 Å². The monoisotopic (exact) mass is 458 g/mol. The molecule has 1 amide bonds. The predicted molar refractivity (Wildman–Crippen MR) is 105 cm³/mol. The summed E-state index contributed by atoms with van der Waals surface area (Å²) >= 11 is 6.70. The van der Waals surface area contributed by atoms with Gasteiger partial charge in [-0.2, -0.15) is 4.99 Å². The zero-order chi connectivity index (χ0) is 22.1. The highest BCUT2D eigenvalue weighted by Crippen LogP contribution is 2.30. The van der Waals surface area contributed by atoms with Crippen LogP contribution in [-0.2, 0) is 4.79 Å². The Bertz CT molecular complexity index is 1170. The molecule has 0 saturated heterocycles. The Morgan fingerprint density at radius 1 is 1.23 bits per heavy atom. The van der Waals surface area contributed by atoms with Crippen molar-refractivity contribution in [1.29, 1.82) is 0 Å². The van der Waals surface area contributed by atoms with Gasteiger partial charge in [-0.3, -0.25) is 4.79 Å². The van der Waals surface area contributed by atoms with E-state index in [2.05, 4.69) is 9.73 Å². The number of nitrogens with zero attached hydrogens (tertiary/aromatic N) is 2. The minimum absolute atomic E-state index is 0.0448. The minimum Gasteiger partial charge on any atom is -0.480 e. The van der Waals surface area contributed by atoms with Crippen molar-refractivity contribution >= 4 is 45.0 Å². The van der Waals surface area contributed by atoms with E-state index < -0.39 is 30.0 Å². The Morgan fingerprint density at radius 2 is 1.90 bits per heavy atom. The Balaban J connectivity index is 2.18. The van der Waals surface area contributed by atoms with Gasteiger partial charge in [-0.1, -0.05) is 29.9 Å². The fourth-order valence-electron chi connectivity index (χ4n) is 2.81. The average Bonchev–Trinajstić information content (AvgIpc) is 2.98. The highest BCUT2D eigenvalue weighted by Gasteiger charge is 2.31. The molecule has 3 aromatic rings. The van der Waals surface area contributed by atoms with Gasteiger partial charge in [0.1, 0.15) is 11.8 Å². The van der Waals surface area contributed by atoms with Crippen molar-refractivity contribution in [3.8, 4) is 5.75 Å². The molecule has 1 aromatic heterocycles. The number of alkyl halides is 3. The Hall–Kier alpha value is -2.85. The van der Waals surface area contributed by atoms with Crippen LogP contribution in [0, 0.1) is 0 Å². The first kappa shape index (κ1) is 21.8. The van der Waals surface area contributed by atoms with Crippen LogP contribution in [0.4, 0.5) is 13.2 Å². The van der Waals surface area contributed by atoms with E-state index in [-0.39, 0.29) is 16.8 Å². The summed E-state index contributed by atoms with van der Waals surface area (Å²) in [5, 5.41) is 10.0. The number of fused-ring (bicyclic) bond motifs is 1. The molecule has 0 spiro atoms. The molecule has 6 nitrogen and oxygen atoms in total. The summed E-state index contributed by atoms with van der Waals surface area (Å²) in [4.78, 5) is 28.4. The van der Waals surface area contributed by atoms with Crippen LogP contribution in [0.3, 0.4) is 0 Å². The molecular formula is C19H14ClF3N2O4S. The standard InChI is InChI=1S/C19H14ClF3N2O4S/c1-2-13(17(27)28)25-14-8-7-12(29-19(21,22)23)9-15(14)30-18(25)24-16(26)10-3-5-11(20)6-4-10/h3-9,13H,2H2,1H3,(H,27,28). The van der Waals surface area contributed by atoms with Gasteiger partial charge in [-0.15, -0.1) is 13.2 Å². The normalized spacial score (nSPS) is 13.4. The van der Waals surface area contributed by atoms with Gasteiger partial charge in [0.15, 0.2) is 4.80 Å². The maximum atomic E-state index is 12.6. The molecule has 0 bridgehead atoms. The van der Waals surface area contributed by atoms with Crippen LogP contribution < -0.4 is 9.54 Å². The first-order valence-corrected chi connectivity index (χ1v) is 9.76. The first-order chi connectivity index (χ1) is 14.1. The molecule has 0 aliphatic carbocycles. The summed E-state index contributed by atoms with van der Waals surface area (Å²) in [6, 6.07) is 8.41. The number of carboxylic acids is 1. The van der Waals surface area contributed by atoms with Crippen LogP contribution in [0.5, 0.6) is 5.75 Å². The lowest BCUT2D eigenvalue weighted by Gasteiger charge is -2.14. The maximum Gasteiger partial charge on any atom is 0.573 e. The molecule has 0 saturated carbocycles. The van der Waals surface area contributed by atoms with Crippen molar-refractivity contribution in [3.05, 3.63) is 57.9 Å². The number of carbonyl (C=O) groups is 2. The lowest BCUT2D eigenvalue weighted by molar-refractivity contribution is -0.274. The van der Waals surface area contributed by atoms with E-state index >= 15 is 0 Å². The Morgan fingerprint density at radius 3 is 2.47 bits per heavy atom. The molecule has 1 atom stereocenters. The summed E-state index contributed by atoms with van der Waals surface area (Å²) in [5.74, 6) is -2.26. The summed E-state index contributed by atoms with van der Waals surface area (Å²) < 4.78 is 43.1. The summed E-state index contributed by atoms with van der Waals surface area (Å²) in [5.41, 5.74) is 0.555. The van der Waals surface area contributed by atoms with E-state index in [9.17, 15) is 27.9 Å². The number of hydrogen-bond acceptors (Lipinski definition) is 4. The van der Waals surface area contributed by atoms with Crippen LogP contribution in [0.1, 0.15) is 29.7 Å². The van der Waals surface area contributed by atoms with Gasteiger partial charge in [-0.25, -0.2) is 4.79 Å². The fraction of sp³-hybridized carbons (Fsp3) is 0.211. The molecule has 1 N–H and O–H groups in total. The average molecular weight is 459 g/mol. The number of benzene rings is 2. The number of halogens is 4. The van der Waals surface area contributed by atoms with Crippen molar-refractivity contribution in [2.45, 2.75) is 25.7 Å². The molecule has 2 aromatic carbocycles. The zero-order valence-electron chi connectivity index (χ0n) is 15.3. The van der Waals surface area contributed by atoms with E-state index in [1.54, 1.807) is 6.92 Å². The quantitative estimate of drug-likeness (QED) is 0.581. The smallest absolute Gasteiger partial charge is 0.480 e. The molecule has 0 aliphatic rings. The number of aliphatic carboxylic acids is 1. The number of amides is 1. The van der Waals surface area contributed by atoms with Gasteiger partial charge in [0.05, 0.1) is 10.2 Å². The maximum absolute atomic E-state index is 12.6. The van der Waals surface area contributed by atoms with Crippen LogP contribution in [0.15, 0.2) is 47.5 Å². The molecule has 1 unspecified atom stereocenters. The van der Waals surface area contributed by atoms with Gasteiger partial charge >= 0.3 is 12.3 Å². The molecule has 11 heteroatoms. The number of rotatable bonds is 5. The molecule has 158 valence electrons. The van der Waals surface area contributed by atoms with Gasteiger partial charge in [0.25, 0.3) is 5.91 Å². The van der Waals surface area contributed by atoms with Gasteiger partial charge in [0.2, 0.25) is 0 Å². The zero-order valence-corrected chi connectivity index (χ0v) is 16.9. The topological polar surface area (TPSA) is 80.9 Å². The molecule has 3 rings (SSSR count). The van der Waals surface area contributed by atoms with E-state index in [1.807, 2.05) is 0 Å². The SMILES string of the molecule is CCC(C(=O)O)n1c(=NC(=O)c2ccc(Cl)cc2)sc2cc(OC(F)(F)F)ccc21. The van der Waals surface area contributed by atoms with Crippen molar-refractivity contribution in [2.75, 3.05) is 0 Å². The van der Waals surface area contributed by atoms with E-state index in [4.69, 9.17) is 11.6 Å². The second kappa shape index (κ2) is 8.49. The Kier molecular flexibility index (Phi) is 6.18. The number of carbonyl (C=O) groups excluding carboxylic acids is 1. The van der Waals surface area contributed by atoms with Gasteiger partial charge in [-0.05, 0) is 48.9 Å². The van der Waals surface area contributed by atoms with Crippen molar-refractivity contribution in [2.24, 2.45) is 4.99 Å². The Labute approximate surface area is 176 Å². The first-order valence-electron chi connectivity index (χ1n) is 8.57. The van der Waals surface area contributed by atoms with Gasteiger partial charge < -0.3 is 14.4 Å². The van der Waals surface area contributed by atoms with Crippen LogP contribution in [0.25, 0.3) is 10.2 Å². The highest BCUT2D eigenvalue weighted by atomic mass is 35.5. The third-order valence-electron chi connectivity index (χ3n) is 4.10. The number of ether oxygens (including phenoxy) is 1. The second-order valence-corrected chi connectivity index (χ2v) is 7.56. The lowest BCUT2D eigenvalue weighted by atomic mass is 10.2. The van der Waals surface area contributed by atoms with E-state index in [1.165, 1.54) is 34.9 Å². The number of hydrogen-bond donors (Lipinski definition) is 1. The third-order valence-corrected chi connectivity index (χ3v) is 5.37. The molecular weight excluding hydrogens is 445 g/mol. The van der Waals surface area contributed by atoms with Gasteiger partial charge in [0, 0.05) is 10.6 Å². The molecule has 0 aliphatic heterocycles. The summed E-state index contributed by atoms with van der Waals surface area (Å²) in [6.45, 7) is 1.64. The molecule has 1 heterocycles. The molecule has 30 heavy (non-hydrogen) atoms. The molecule has 0 fully saturated rings. The minimum atomic E-state index is -4.87. The predicted octanol–water partition coefficient (Wildman–Crippen LogP) is 5.03. The summed E-state index contributed by atoms with van der Waals surface area (Å²) in [7, 11) is 0. The van der Waals surface area contributed by atoms with Crippen molar-refractivity contribution < 1.29 is 32.6 Å². The fourth-order valence-corrected chi connectivity index (χ4v) is 4.03. The largest absolute Gasteiger partial charge is 0.573 e. The van der Waals surface area contributed by atoms with E-state index in [0.717, 1.165) is 23.5 Å². The number of aromatic nitrogens is 1. The lowest BCUT2D eigenvalue weighted by Crippen LogP contribution is -2.27.